The van der Waals surface area contributed by atoms with Gasteiger partial charge in [0.1, 0.15) is 0 Å². The number of sulfonamides is 1. The van der Waals surface area contributed by atoms with Gasteiger partial charge in [-0.2, -0.15) is 0 Å². The molecule has 1 aromatic rings. The number of hydrogen-bond donors (Lipinski definition) is 3. The van der Waals surface area contributed by atoms with E-state index in [4.69, 9.17) is 5.14 Å². The molecule has 0 bridgehead atoms. The van der Waals surface area contributed by atoms with Gasteiger partial charge in [0.25, 0.3) is 11.6 Å². The van der Waals surface area contributed by atoms with Gasteiger partial charge in [0.2, 0.25) is 10.0 Å². The van der Waals surface area contributed by atoms with E-state index in [-0.39, 0.29) is 18.0 Å². The lowest BCUT2D eigenvalue weighted by molar-refractivity contribution is -0.387. The molecule has 10 heteroatoms. The lowest BCUT2D eigenvalue weighted by atomic mass is 10.0. The fourth-order valence-corrected chi connectivity index (χ4v) is 2.50. The van der Waals surface area contributed by atoms with Gasteiger partial charge in [-0.25, -0.2) is 13.6 Å². The molecule has 2 unspecified atom stereocenters. The first-order chi connectivity index (χ1) is 10.6. The van der Waals surface area contributed by atoms with Crippen LogP contribution >= 0.6 is 0 Å². The Balaban J connectivity index is 2.99. The van der Waals surface area contributed by atoms with Gasteiger partial charge in [-0.1, -0.05) is 20.3 Å². The standard InChI is InChI=1S/C13H19N3O6S/c1-3-8(2)11(17)7-15-13(18)9-4-5-12(23(14,21)22)10(6-9)16(19)20/h4-6,8,11,17H,3,7H2,1-2H3,(H,15,18)(H2,14,21,22). The molecule has 1 aromatic carbocycles. The Bertz CT molecular complexity index is 704. The van der Waals surface area contributed by atoms with Crippen molar-refractivity contribution in [2.75, 3.05) is 6.54 Å². The highest BCUT2D eigenvalue weighted by atomic mass is 32.2. The molecule has 0 saturated heterocycles. The number of nitrogens with zero attached hydrogens (tertiary/aromatic N) is 1. The molecule has 0 spiro atoms. The van der Waals surface area contributed by atoms with E-state index in [1.54, 1.807) is 0 Å². The van der Waals surface area contributed by atoms with Crippen LogP contribution in [0.25, 0.3) is 0 Å². The Morgan fingerprint density at radius 1 is 1.48 bits per heavy atom. The van der Waals surface area contributed by atoms with Crippen molar-refractivity contribution >= 4 is 21.6 Å². The second kappa shape index (κ2) is 7.49. The fourth-order valence-electron chi connectivity index (χ4n) is 1.81. The summed E-state index contributed by atoms with van der Waals surface area (Å²) in [4.78, 5) is 21.3. The van der Waals surface area contributed by atoms with Gasteiger partial charge in [-0.15, -0.1) is 0 Å². The van der Waals surface area contributed by atoms with Gasteiger partial charge >= 0.3 is 0 Å². The number of nitro benzene ring substituents is 1. The summed E-state index contributed by atoms with van der Waals surface area (Å²) in [6.45, 7) is 3.70. The summed E-state index contributed by atoms with van der Waals surface area (Å²) in [7, 11) is -4.27. The second-order valence-electron chi connectivity index (χ2n) is 5.15. The Morgan fingerprint density at radius 2 is 2.09 bits per heavy atom. The number of carbonyl (C=O) groups excluding carboxylic acids is 1. The third-order valence-corrected chi connectivity index (χ3v) is 4.46. The van der Waals surface area contributed by atoms with Crippen molar-refractivity contribution in [3.05, 3.63) is 33.9 Å². The van der Waals surface area contributed by atoms with Crippen molar-refractivity contribution < 1.29 is 23.2 Å². The zero-order valence-corrected chi connectivity index (χ0v) is 13.5. The third kappa shape index (κ3) is 4.98. The van der Waals surface area contributed by atoms with Crippen LogP contribution in [0.1, 0.15) is 30.6 Å². The largest absolute Gasteiger partial charge is 0.391 e. The highest BCUT2D eigenvalue weighted by Gasteiger charge is 2.24. The van der Waals surface area contributed by atoms with E-state index < -0.39 is 37.5 Å². The molecule has 0 fully saturated rings. The van der Waals surface area contributed by atoms with E-state index in [0.29, 0.717) is 0 Å². The fraction of sp³-hybridized carbons (Fsp3) is 0.462. The number of aliphatic hydroxyl groups excluding tert-OH is 1. The summed E-state index contributed by atoms with van der Waals surface area (Å²) >= 11 is 0. The van der Waals surface area contributed by atoms with E-state index >= 15 is 0 Å². The van der Waals surface area contributed by atoms with Crippen LogP contribution in [0.15, 0.2) is 23.1 Å². The maximum atomic E-state index is 12.0. The highest BCUT2D eigenvalue weighted by Crippen LogP contribution is 2.24. The highest BCUT2D eigenvalue weighted by molar-refractivity contribution is 7.89. The minimum Gasteiger partial charge on any atom is -0.391 e. The molecule has 128 valence electrons. The minimum absolute atomic E-state index is 0.0153. The Hall–Kier alpha value is -2.04. The number of nitro groups is 1. The molecule has 1 rings (SSSR count). The lowest BCUT2D eigenvalue weighted by Crippen LogP contribution is -2.35. The summed E-state index contributed by atoms with van der Waals surface area (Å²) in [5.74, 6) is -0.675. The summed E-state index contributed by atoms with van der Waals surface area (Å²) in [6.07, 6.45) is -0.0198. The summed E-state index contributed by atoms with van der Waals surface area (Å²) in [5.41, 5.74) is -0.872. The van der Waals surface area contributed by atoms with Crippen LogP contribution in [0, 0.1) is 16.0 Å². The van der Waals surface area contributed by atoms with Crippen LogP contribution in [0.3, 0.4) is 0 Å². The molecule has 0 saturated carbocycles. The van der Waals surface area contributed by atoms with Crippen LogP contribution in [0.4, 0.5) is 5.69 Å². The number of benzene rings is 1. The van der Waals surface area contributed by atoms with Crippen molar-refractivity contribution in [3.8, 4) is 0 Å². The van der Waals surface area contributed by atoms with E-state index in [1.165, 1.54) is 0 Å². The maximum absolute atomic E-state index is 12.0. The molecule has 0 radical (unpaired) electrons. The topological polar surface area (TPSA) is 153 Å². The molecule has 9 nitrogen and oxygen atoms in total. The van der Waals surface area contributed by atoms with E-state index in [0.717, 1.165) is 24.6 Å². The Kier molecular flexibility index (Phi) is 6.19. The quantitative estimate of drug-likeness (QED) is 0.479. The van der Waals surface area contributed by atoms with Crippen molar-refractivity contribution in [1.29, 1.82) is 0 Å². The van der Waals surface area contributed by atoms with Crippen molar-refractivity contribution in [2.45, 2.75) is 31.3 Å². The molecule has 0 heterocycles. The molecular weight excluding hydrogens is 326 g/mol. The first-order valence-corrected chi connectivity index (χ1v) is 8.40. The van der Waals surface area contributed by atoms with Gasteiger partial charge in [-0.05, 0) is 18.1 Å². The Labute approximate surface area is 133 Å². The molecule has 1 amide bonds. The van der Waals surface area contributed by atoms with Crippen LogP contribution in [0.5, 0.6) is 0 Å². The predicted molar refractivity (Wildman–Crippen MR) is 82.3 cm³/mol. The number of primary sulfonamides is 1. The first kappa shape index (κ1) is 19.0. The van der Waals surface area contributed by atoms with Gasteiger partial charge in [0.15, 0.2) is 4.90 Å². The van der Waals surface area contributed by atoms with E-state index in [9.17, 15) is 28.4 Å². The van der Waals surface area contributed by atoms with E-state index in [1.807, 2.05) is 13.8 Å². The average Bonchev–Trinajstić information content (AvgIpc) is 2.49. The third-order valence-electron chi connectivity index (χ3n) is 3.50. The predicted octanol–water partition coefficient (Wildman–Crippen LogP) is 0.379. The van der Waals surface area contributed by atoms with Gasteiger partial charge < -0.3 is 10.4 Å². The molecule has 0 aromatic heterocycles. The molecule has 0 aliphatic carbocycles. The zero-order valence-electron chi connectivity index (χ0n) is 12.7. The molecule has 0 aliphatic heterocycles. The number of nitrogens with two attached hydrogens (primary N) is 1. The summed E-state index contributed by atoms with van der Waals surface area (Å²) < 4.78 is 22.6. The normalized spacial score (nSPS) is 14.1. The van der Waals surface area contributed by atoms with Crippen LogP contribution < -0.4 is 10.5 Å². The molecular formula is C13H19N3O6S. The Morgan fingerprint density at radius 3 is 2.57 bits per heavy atom. The van der Waals surface area contributed by atoms with Gasteiger partial charge in [0.05, 0.1) is 11.0 Å². The van der Waals surface area contributed by atoms with Crippen LogP contribution in [-0.2, 0) is 10.0 Å². The lowest BCUT2D eigenvalue weighted by Gasteiger charge is -2.17. The average molecular weight is 345 g/mol. The molecule has 4 N–H and O–H groups in total. The van der Waals surface area contributed by atoms with Gasteiger partial charge in [-0.3, -0.25) is 14.9 Å². The zero-order chi connectivity index (χ0) is 17.8. The maximum Gasteiger partial charge on any atom is 0.290 e. The SMILES string of the molecule is CCC(C)C(O)CNC(=O)c1ccc(S(N)(=O)=O)c([N+](=O)[O-])c1. The number of nitrogens with one attached hydrogen (secondary N) is 1. The van der Waals surface area contributed by atoms with Gasteiger partial charge in [0, 0.05) is 18.2 Å². The number of carbonyl (C=O) groups is 1. The number of hydrogen-bond acceptors (Lipinski definition) is 6. The molecule has 23 heavy (non-hydrogen) atoms. The number of aliphatic hydroxyl groups is 1. The van der Waals surface area contributed by atoms with Crippen molar-refractivity contribution in [1.82, 2.24) is 5.32 Å². The molecule has 2 atom stereocenters. The van der Waals surface area contributed by atoms with Crippen LogP contribution in [-0.4, -0.2) is 37.0 Å². The van der Waals surface area contributed by atoms with Crippen molar-refractivity contribution in [3.63, 3.8) is 0 Å². The summed E-state index contributed by atoms with van der Waals surface area (Å²) in [5, 5.41) is 28.1. The second-order valence-corrected chi connectivity index (χ2v) is 6.68. The molecule has 0 aliphatic rings. The smallest absolute Gasteiger partial charge is 0.290 e. The van der Waals surface area contributed by atoms with Crippen molar-refractivity contribution in [2.24, 2.45) is 11.1 Å². The minimum atomic E-state index is -4.27. The first-order valence-electron chi connectivity index (χ1n) is 6.85. The number of amides is 1. The number of rotatable bonds is 7. The monoisotopic (exact) mass is 345 g/mol. The van der Waals surface area contributed by atoms with E-state index in [2.05, 4.69) is 5.32 Å². The van der Waals surface area contributed by atoms with Crippen LogP contribution in [0.2, 0.25) is 0 Å². The summed E-state index contributed by atoms with van der Waals surface area (Å²) in [6, 6.07) is 2.87.